The fourth-order valence-corrected chi connectivity index (χ4v) is 5.76. The second-order valence-corrected chi connectivity index (χ2v) is 10.4. The number of halogens is 2. The van der Waals surface area contributed by atoms with Gasteiger partial charge in [-0.05, 0) is 66.5 Å². The summed E-state index contributed by atoms with van der Waals surface area (Å²) in [5.74, 6) is 0.414. The maximum absolute atomic E-state index is 13.1. The molecule has 9 heteroatoms. The molecule has 0 saturated carbocycles. The topological polar surface area (TPSA) is 75.2 Å². The third kappa shape index (κ3) is 4.64. The van der Waals surface area contributed by atoms with E-state index in [1.54, 1.807) is 6.33 Å². The lowest BCUT2D eigenvalue weighted by Crippen LogP contribution is -2.45. The SMILES string of the molecule is O=S(=O)(NC1CCN(c2ncnc3c2C=C(c2ccc(Cl)cc2)C3)CC1)c1ccc(F)cc1. The third-order valence-corrected chi connectivity index (χ3v) is 7.87. The van der Waals surface area contributed by atoms with Crippen LogP contribution in [-0.2, 0) is 16.4 Å². The van der Waals surface area contributed by atoms with Crippen molar-refractivity contribution in [2.75, 3.05) is 18.0 Å². The lowest BCUT2D eigenvalue weighted by molar-refractivity contribution is 0.458. The largest absolute Gasteiger partial charge is 0.356 e. The minimum Gasteiger partial charge on any atom is -0.356 e. The molecule has 0 spiro atoms. The van der Waals surface area contributed by atoms with Gasteiger partial charge in [0.25, 0.3) is 0 Å². The molecule has 1 aliphatic heterocycles. The lowest BCUT2D eigenvalue weighted by Gasteiger charge is -2.33. The van der Waals surface area contributed by atoms with E-state index in [1.165, 1.54) is 17.7 Å². The van der Waals surface area contributed by atoms with Crippen molar-refractivity contribution in [3.05, 3.63) is 82.5 Å². The molecule has 0 bridgehead atoms. The lowest BCUT2D eigenvalue weighted by atomic mass is 10.1. The molecule has 1 N–H and O–H groups in total. The van der Waals surface area contributed by atoms with Crippen LogP contribution in [-0.4, -0.2) is 37.5 Å². The van der Waals surface area contributed by atoms with E-state index in [9.17, 15) is 12.8 Å². The highest BCUT2D eigenvalue weighted by atomic mass is 35.5. The Labute approximate surface area is 197 Å². The quantitative estimate of drug-likeness (QED) is 0.584. The molecule has 5 rings (SSSR count). The summed E-state index contributed by atoms with van der Waals surface area (Å²) in [6.45, 7) is 1.34. The van der Waals surface area contributed by atoms with Crippen molar-refractivity contribution in [3.8, 4) is 0 Å². The van der Waals surface area contributed by atoms with Gasteiger partial charge in [-0.1, -0.05) is 23.7 Å². The molecule has 6 nitrogen and oxygen atoms in total. The average molecular weight is 485 g/mol. The monoisotopic (exact) mass is 484 g/mol. The highest BCUT2D eigenvalue weighted by Gasteiger charge is 2.28. The summed E-state index contributed by atoms with van der Waals surface area (Å²) in [5, 5.41) is 0.702. The van der Waals surface area contributed by atoms with Crippen LogP contribution in [0.5, 0.6) is 0 Å². The third-order valence-electron chi connectivity index (χ3n) is 6.08. The molecule has 2 aliphatic rings. The predicted molar refractivity (Wildman–Crippen MR) is 127 cm³/mol. The number of benzene rings is 2. The predicted octanol–water partition coefficient (Wildman–Crippen LogP) is 4.31. The van der Waals surface area contributed by atoms with E-state index in [4.69, 9.17) is 11.6 Å². The number of sulfonamides is 1. The number of hydrogen-bond donors (Lipinski definition) is 1. The molecular formula is C24H22ClFN4O2S. The number of anilines is 1. The van der Waals surface area contributed by atoms with E-state index in [1.807, 2.05) is 24.3 Å². The molecule has 1 saturated heterocycles. The Morgan fingerprint density at radius 3 is 2.39 bits per heavy atom. The molecule has 33 heavy (non-hydrogen) atoms. The molecule has 0 unspecified atom stereocenters. The highest BCUT2D eigenvalue weighted by molar-refractivity contribution is 7.89. The Morgan fingerprint density at radius 2 is 1.70 bits per heavy atom. The van der Waals surface area contributed by atoms with Gasteiger partial charge in [0.15, 0.2) is 0 Å². The zero-order chi connectivity index (χ0) is 23.0. The maximum atomic E-state index is 13.1. The summed E-state index contributed by atoms with van der Waals surface area (Å²) >= 11 is 6.02. The first-order valence-electron chi connectivity index (χ1n) is 10.7. The fraction of sp³-hybridized carbons (Fsp3) is 0.250. The van der Waals surface area contributed by atoms with E-state index in [-0.39, 0.29) is 10.9 Å². The van der Waals surface area contributed by atoms with Crippen LogP contribution >= 0.6 is 11.6 Å². The van der Waals surface area contributed by atoms with Crippen molar-refractivity contribution in [1.82, 2.24) is 14.7 Å². The van der Waals surface area contributed by atoms with Gasteiger partial charge in [-0.25, -0.2) is 27.5 Å². The Bertz CT molecular complexity index is 1300. The molecule has 3 aromatic rings. The fourth-order valence-electron chi connectivity index (χ4n) is 4.33. The molecule has 0 radical (unpaired) electrons. The van der Waals surface area contributed by atoms with Gasteiger partial charge < -0.3 is 4.90 Å². The standard InChI is InChI=1S/C24H22ClFN4O2S/c25-18-3-1-16(2-4-18)17-13-22-23(14-17)27-15-28-24(22)30-11-9-20(10-12-30)29-33(31,32)21-7-5-19(26)6-8-21/h1-8,13,15,20,29H,9-12,14H2. The number of nitrogens with one attached hydrogen (secondary N) is 1. The highest BCUT2D eigenvalue weighted by Crippen LogP contribution is 2.36. The van der Waals surface area contributed by atoms with Crippen molar-refractivity contribution in [2.45, 2.75) is 30.2 Å². The minimum absolute atomic E-state index is 0.0693. The van der Waals surface area contributed by atoms with Gasteiger partial charge in [-0.15, -0.1) is 0 Å². The second kappa shape index (κ2) is 8.85. The van der Waals surface area contributed by atoms with E-state index in [2.05, 4.69) is 25.7 Å². The van der Waals surface area contributed by atoms with E-state index in [0.29, 0.717) is 31.0 Å². The Balaban J connectivity index is 1.28. The van der Waals surface area contributed by atoms with Gasteiger partial charge in [0.1, 0.15) is 18.0 Å². The van der Waals surface area contributed by atoms with Crippen LogP contribution in [0.25, 0.3) is 11.6 Å². The van der Waals surface area contributed by atoms with Gasteiger partial charge in [0, 0.05) is 36.1 Å². The number of fused-ring (bicyclic) bond motifs is 1. The average Bonchev–Trinajstić information content (AvgIpc) is 3.25. The normalized spacial score (nSPS) is 16.5. The molecule has 1 aliphatic carbocycles. The first-order chi connectivity index (χ1) is 15.9. The van der Waals surface area contributed by atoms with Crippen molar-refractivity contribution in [3.63, 3.8) is 0 Å². The first kappa shape index (κ1) is 22.0. The number of allylic oxidation sites excluding steroid dienone is 1. The van der Waals surface area contributed by atoms with Crippen molar-refractivity contribution < 1.29 is 12.8 Å². The van der Waals surface area contributed by atoms with E-state index >= 15 is 0 Å². The summed E-state index contributed by atoms with van der Waals surface area (Å²) < 4.78 is 41.1. The smallest absolute Gasteiger partial charge is 0.240 e. The summed E-state index contributed by atoms with van der Waals surface area (Å²) in [6, 6.07) is 12.4. The number of hydrogen-bond acceptors (Lipinski definition) is 5. The van der Waals surface area contributed by atoms with Crippen LogP contribution in [0.4, 0.5) is 10.2 Å². The van der Waals surface area contributed by atoms with Crippen LogP contribution in [0.15, 0.2) is 59.8 Å². The molecule has 1 aromatic heterocycles. The molecular weight excluding hydrogens is 463 g/mol. The van der Waals surface area contributed by atoms with Gasteiger partial charge in [-0.3, -0.25) is 0 Å². The summed E-state index contributed by atoms with van der Waals surface area (Å²) in [5.41, 5.74) is 4.29. The zero-order valence-corrected chi connectivity index (χ0v) is 19.3. The van der Waals surface area contributed by atoms with Crippen LogP contribution < -0.4 is 9.62 Å². The molecule has 1 fully saturated rings. The molecule has 2 aromatic carbocycles. The number of aromatic nitrogens is 2. The van der Waals surface area contributed by atoms with Crippen molar-refractivity contribution >= 4 is 39.1 Å². The van der Waals surface area contributed by atoms with Gasteiger partial charge in [-0.2, -0.15) is 0 Å². The van der Waals surface area contributed by atoms with E-state index < -0.39 is 15.8 Å². The number of piperidine rings is 1. The van der Waals surface area contributed by atoms with Gasteiger partial charge in [0.05, 0.1) is 10.6 Å². The zero-order valence-electron chi connectivity index (χ0n) is 17.7. The van der Waals surface area contributed by atoms with Crippen molar-refractivity contribution in [1.29, 1.82) is 0 Å². The second-order valence-electron chi connectivity index (χ2n) is 8.25. The molecule has 0 atom stereocenters. The van der Waals surface area contributed by atoms with Crippen LogP contribution in [0.3, 0.4) is 0 Å². The summed E-state index contributed by atoms with van der Waals surface area (Å²) in [4.78, 5) is 11.3. The van der Waals surface area contributed by atoms with E-state index in [0.717, 1.165) is 41.2 Å². The Morgan fingerprint density at radius 1 is 1.00 bits per heavy atom. The molecule has 0 amide bonds. The number of nitrogens with zero attached hydrogens (tertiary/aromatic N) is 3. The summed E-state index contributed by atoms with van der Waals surface area (Å²) in [7, 11) is -3.69. The minimum atomic E-state index is -3.69. The van der Waals surface area contributed by atoms with Gasteiger partial charge in [0.2, 0.25) is 10.0 Å². The number of rotatable bonds is 5. The Kier molecular flexibility index (Phi) is 5.90. The first-order valence-corrected chi connectivity index (χ1v) is 12.6. The summed E-state index contributed by atoms with van der Waals surface area (Å²) in [6.07, 6.45) is 5.76. The van der Waals surface area contributed by atoms with Crippen LogP contribution in [0, 0.1) is 5.82 Å². The van der Waals surface area contributed by atoms with Crippen LogP contribution in [0.1, 0.15) is 29.7 Å². The Hall–Kier alpha value is -2.81. The van der Waals surface area contributed by atoms with Gasteiger partial charge >= 0.3 is 0 Å². The molecule has 170 valence electrons. The van der Waals surface area contributed by atoms with Crippen molar-refractivity contribution in [2.24, 2.45) is 0 Å². The maximum Gasteiger partial charge on any atom is 0.240 e. The molecule has 2 heterocycles. The van der Waals surface area contributed by atoms with Crippen LogP contribution in [0.2, 0.25) is 5.02 Å².